The van der Waals surface area contributed by atoms with E-state index >= 15 is 0 Å². The summed E-state index contributed by atoms with van der Waals surface area (Å²) in [6.07, 6.45) is 0.894. The maximum atomic E-state index is 12.3. The molecule has 1 aliphatic rings. The summed E-state index contributed by atoms with van der Waals surface area (Å²) in [6.45, 7) is 2.14. The molecule has 1 saturated heterocycles. The Bertz CT molecular complexity index is 888. The molecular formula is C16H17N3O4S2. The van der Waals surface area contributed by atoms with Crippen molar-refractivity contribution in [1.29, 1.82) is 0 Å². The van der Waals surface area contributed by atoms with Crippen molar-refractivity contribution in [3.8, 4) is 0 Å². The molecule has 2 aromatic rings. The fourth-order valence-electron chi connectivity index (χ4n) is 2.56. The maximum absolute atomic E-state index is 12.3. The summed E-state index contributed by atoms with van der Waals surface area (Å²) in [7, 11) is -3.65. The molecule has 1 N–H and O–H groups in total. The molecule has 2 heterocycles. The molecule has 1 aromatic carbocycles. The Balaban J connectivity index is 1.66. The van der Waals surface area contributed by atoms with Gasteiger partial charge < -0.3 is 0 Å². The number of imide groups is 1. The minimum absolute atomic E-state index is 0.0878. The van der Waals surface area contributed by atoms with Crippen LogP contribution in [0.1, 0.15) is 23.5 Å². The number of aromatic nitrogens is 1. The fourth-order valence-corrected chi connectivity index (χ4v) is 4.24. The van der Waals surface area contributed by atoms with Crippen molar-refractivity contribution < 1.29 is 18.0 Å². The number of sulfonamides is 1. The molecule has 1 aromatic heterocycles. The topological polar surface area (TPSA) is 96.4 Å². The SMILES string of the molecule is Cc1nc(CCNS(=O)(=O)c2ccc(N3C(=O)CCC3=O)cc2)cs1. The molecule has 0 radical (unpaired) electrons. The lowest BCUT2D eigenvalue weighted by Crippen LogP contribution is -2.29. The lowest BCUT2D eigenvalue weighted by atomic mass is 10.3. The minimum Gasteiger partial charge on any atom is -0.274 e. The molecule has 0 atom stereocenters. The zero-order valence-electron chi connectivity index (χ0n) is 13.6. The summed E-state index contributed by atoms with van der Waals surface area (Å²) in [5.41, 5.74) is 1.25. The quantitative estimate of drug-likeness (QED) is 0.770. The molecule has 1 fully saturated rings. The third-order valence-electron chi connectivity index (χ3n) is 3.80. The third kappa shape index (κ3) is 3.94. The molecule has 0 unspecified atom stereocenters. The Morgan fingerprint density at radius 3 is 2.36 bits per heavy atom. The summed E-state index contributed by atoms with van der Waals surface area (Å²) in [5.74, 6) is -0.533. The number of rotatable bonds is 6. The number of anilines is 1. The average Bonchev–Trinajstić information content (AvgIpc) is 3.13. The van der Waals surface area contributed by atoms with Gasteiger partial charge in [-0.25, -0.2) is 18.1 Å². The Kier molecular flexibility index (Phi) is 4.98. The van der Waals surface area contributed by atoms with Crippen LogP contribution in [0.2, 0.25) is 0 Å². The number of nitrogens with one attached hydrogen (secondary N) is 1. The lowest BCUT2D eigenvalue weighted by molar-refractivity contribution is -0.121. The monoisotopic (exact) mass is 379 g/mol. The van der Waals surface area contributed by atoms with E-state index in [9.17, 15) is 18.0 Å². The van der Waals surface area contributed by atoms with Crippen LogP contribution in [0.25, 0.3) is 0 Å². The molecule has 1 aliphatic heterocycles. The Hall–Kier alpha value is -2.10. The number of thiazole rings is 1. The normalized spacial score (nSPS) is 15.2. The fraction of sp³-hybridized carbons (Fsp3) is 0.312. The number of benzene rings is 1. The highest BCUT2D eigenvalue weighted by Gasteiger charge is 2.30. The van der Waals surface area contributed by atoms with Gasteiger partial charge in [-0.15, -0.1) is 11.3 Å². The zero-order valence-corrected chi connectivity index (χ0v) is 15.2. The van der Waals surface area contributed by atoms with Crippen molar-refractivity contribution in [2.45, 2.75) is 31.1 Å². The number of nitrogens with zero attached hydrogens (tertiary/aromatic N) is 2. The van der Waals surface area contributed by atoms with Crippen molar-refractivity contribution in [3.05, 3.63) is 40.3 Å². The van der Waals surface area contributed by atoms with E-state index in [1.807, 2.05) is 12.3 Å². The van der Waals surface area contributed by atoms with Gasteiger partial charge >= 0.3 is 0 Å². The molecule has 0 aliphatic carbocycles. The van der Waals surface area contributed by atoms with Crippen LogP contribution in [-0.4, -0.2) is 31.8 Å². The highest BCUT2D eigenvalue weighted by molar-refractivity contribution is 7.89. The van der Waals surface area contributed by atoms with Gasteiger partial charge in [0.2, 0.25) is 21.8 Å². The Morgan fingerprint density at radius 2 is 1.80 bits per heavy atom. The van der Waals surface area contributed by atoms with E-state index < -0.39 is 10.0 Å². The van der Waals surface area contributed by atoms with Crippen LogP contribution in [0.3, 0.4) is 0 Å². The number of amides is 2. The predicted molar refractivity (Wildman–Crippen MR) is 93.9 cm³/mol. The van der Waals surface area contributed by atoms with E-state index in [4.69, 9.17) is 0 Å². The summed E-state index contributed by atoms with van der Waals surface area (Å²) in [4.78, 5) is 28.9. The molecular weight excluding hydrogens is 362 g/mol. The van der Waals surface area contributed by atoms with E-state index in [0.717, 1.165) is 15.6 Å². The summed E-state index contributed by atoms with van der Waals surface area (Å²) < 4.78 is 27.2. The highest BCUT2D eigenvalue weighted by atomic mass is 32.2. The van der Waals surface area contributed by atoms with Crippen molar-refractivity contribution in [1.82, 2.24) is 9.71 Å². The number of aryl methyl sites for hydroxylation is 1. The van der Waals surface area contributed by atoms with Gasteiger partial charge in [-0.05, 0) is 31.2 Å². The molecule has 132 valence electrons. The molecule has 7 nitrogen and oxygen atoms in total. The van der Waals surface area contributed by atoms with Gasteiger partial charge in [0, 0.05) is 31.2 Å². The van der Waals surface area contributed by atoms with Crippen LogP contribution < -0.4 is 9.62 Å². The van der Waals surface area contributed by atoms with Crippen LogP contribution in [-0.2, 0) is 26.0 Å². The number of carbonyl (C=O) groups is 2. The number of hydrogen-bond acceptors (Lipinski definition) is 6. The lowest BCUT2D eigenvalue weighted by Gasteiger charge is -2.14. The molecule has 0 saturated carbocycles. The van der Waals surface area contributed by atoms with Gasteiger partial charge in [0.05, 0.1) is 21.3 Å². The summed E-state index contributed by atoms with van der Waals surface area (Å²) >= 11 is 1.52. The van der Waals surface area contributed by atoms with Crippen LogP contribution in [0.4, 0.5) is 5.69 Å². The molecule has 9 heteroatoms. The largest absolute Gasteiger partial charge is 0.274 e. The Labute approximate surface area is 149 Å². The second-order valence-electron chi connectivity index (χ2n) is 5.62. The minimum atomic E-state index is -3.65. The summed E-state index contributed by atoms with van der Waals surface area (Å²) in [6, 6.07) is 5.73. The maximum Gasteiger partial charge on any atom is 0.240 e. The first kappa shape index (κ1) is 17.7. The van der Waals surface area contributed by atoms with Crippen molar-refractivity contribution >= 4 is 38.9 Å². The predicted octanol–water partition coefficient (Wildman–Crippen LogP) is 1.63. The zero-order chi connectivity index (χ0) is 18.0. The first-order valence-corrected chi connectivity index (χ1v) is 10.1. The smallest absolute Gasteiger partial charge is 0.240 e. The van der Waals surface area contributed by atoms with Crippen LogP contribution in [0.15, 0.2) is 34.5 Å². The van der Waals surface area contributed by atoms with E-state index in [-0.39, 0.29) is 36.1 Å². The van der Waals surface area contributed by atoms with E-state index in [0.29, 0.717) is 12.1 Å². The van der Waals surface area contributed by atoms with E-state index in [1.165, 1.54) is 35.6 Å². The van der Waals surface area contributed by atoms with Crippen molar-refractivity contribution in [3.63, 3.8) is 0 Å². The van der Waals surface area contributed by atoms with Gasteiger partial charge in [0.15, 0.2) is 0 Å². The highest BCUT2D eigenvalue weighted by Crippen LogP contribution is 2.23. The van der Waals surface area contributed by atoms with Gasteiger partial charge in [-0.3, -0.25) is 14.5 Å². The van der Waals surface area contributed by atoms with Crippen LogP contribution in [0, 0.1) is 6.92 Å². The molecule has 25 heavy (non-hydrogen) atoms. The van der Waals surface area contributed by atoms with Crippen molar-refractivity contribution in [2.24, 2.45) is 0 Å². The van der Waals surface area contributed by atoms with E-state index in [2.05, 4.69) is 9.71 Å². The average molecular weight is 379 g/mol. The summed E-state index contributed by atoms with van der Waals surface area (Å²) in [5, 5.41) is 2.85. The van der Waals surface area contributed by atoms with Crippen molar-refractivity contribution in [2.75, 3.05) is 11.4 Å². The van der Waals surface area contributed by atoms with E-state index in [1.54, 1.807) is 0 Å². The van der Waals surface area contributed by atoms with Gasteiger partial charge in [-0.1, -0.05) is 0 Å². The number of hydrogen-bond donors (Lipinski definition) is 1. The molecule has 0 bridgehead atoms. The van der Waals surface area contributed by atoms with Gasteiger partial charge in [0.1, 0.15) is 0 Å². The molecule has 2 amide bonds. The van der Waals surface area contributed by atoms with Crippen LogP contribution in [0.5, 0.6) is 0 Å². The first-order chi connectivity index (χ1) is 11.9. The van der Waals surface area contributed by atoms with Crippen LogP contribution >= 0.6 is 11.3 Å². The van der Waals surface area contributed by atoms with Gasteiger partial charge in [-0.2, -0.15) is 0 Å². The number of carbonyl (C=O) groups excluding carboxylic acids is 2. The second kappa shape index (κ2) is 7.03. The second-order valence-corrected chi connectivity index (χ2v) is 8.45. The third-order valence-corrected chi connectivity index (χ3v) is 6.10. The molecule has 0 spiro atoms. The first-order valence-electron chi connectivity index (χ1n) is 7.73. The van der Waals surface area contributed by atoms with Gasteiger partial charge in [0.25, 0.3) is 0 Å². The molecule has 3 rings (SSSR count). The standard InChI is InChI=1S/C16H17N3O4S2/c1-11-18-12(10-24-11)8-9-17-25(22,23)14-4-2-13(3-5-14)19-15(20)6-7-16(19)21/h2-5,10,17H,6-9H2,1H3. The Morgan fingerprint density at radius 1 is 1.16 bits per heavy atom.